The van der Waals surface area contributed by atoms with Crippen LogP contribution in [0.3, 0.4) is 0 Å². The number of anilines is 1. The number of nitrogens with two attached hydrogens (primary N) is 1. The van der Waals surface area contributed by atoms with Crippen molar-refractivity contribution in [3.8, 4) is 17.2 Å². The van der Waals surface area contributed by atoms with Crippen molar-refractivity contribution < 1.29 is 28.5 Å². The van der Waals surface area contributed by atoms with Crippen molar-refractivity contribution in [1.29, 1.82) is 0 Å². The van der Waals surface area contributed by atoms with Gasteiger partial charge in [0.1, 0.15) is 12.4 Å². The van der Waals surface area contributed by atoms with E-state index in [0.717, 1.165) is 11.1 Å². The van der Waals surface area contributed by atoms with Crippen LogP contribution in [0.2, 0.25) is 0 Å². The van der Waals surface area contributed by atoms with E-state index in [1.807, 2.05) is 48.5 Å². The number of methoxy groups -OCH3 is 2. The van der Waals surface area contributed by atoms with Crippen LogP contribution >= 0.6 is 0 Å². The summed E-state index contributed by atoms with van der Waals surface area (Å²) in [6.07, 6.45) is 0.608. The molecule has 0 aliphatic rings. The van der Waals surface area contributed by atoms with Gasteiger partial charge in [-0.1, -0.05) is 36.4 Å². The van der Waals surface area contributed by atoms with Gasteiger partial charge in [-0.15, -0.1) is 0 Å². The number of esters is 1. The molecule has 8 heteroatoms. The van der Waals surface area contributed by atoms with Gasteiger partial charge >= 0.3 is 5.97 Å². The van der Waals surface area contributed by atoms with Gasteiger partial charge in [0.15, 0.2) is 18.1 Å². The second-order valence-electron chi connectivity index (χ2n) is 7.39. The summed E-state index contributed by atoms with van der Waals surface area (Å²) in [5.74, 6) is 0.703. The topological polar surface area (TPSA) is 109 Å². The highest BCUT2D eigenvalue weighted by Gasteiger charge is 2.12. The zero-order valence-corrected chi connectivity index (χ0v) is 19.2. The maximum absolute atomic E-state index is 12.4. The number of hydrogen-bond acceptors (Lipinski definition) is 7. The summed E-state index contributed by atoms with van der Waals surface area (Å²) in [5.41, 5.74) is 8.41. The fraction of sp³-hybridized carbons (Fsp3) is 0.231. The van der Waals surface area contributed by atoms with Gasteiger partial charge in [-0.05, 0) is 47.9 Å². The monoisotopic (exact) mass is 464 g/mol. The largest absolute Gasteiger partial charge is 0.493 e. The van der Waals surface area contributed by atoms with Crippen molar-refractivity contribution in [3.63, 3.8) is 0 Å². The highest BCUT2D eigenvalue weighted by Crippen LogP contribution is 2.27. The lowest BCUT2D eigenvalue weighted by Crippen LogP contribution is -2.30. The quantitative estimate of drug-likeness (QED) is 0.331. The first-order valence-electron chi connectivity index (χ1n) is 10.7. The molecule has 178 valence electrons. The molecule has 0 saturated carbocycles. The highest BCUT2D eigenvalue weighted by molar-refractivity contribution is 5.90. The number of carbonyl (C=O) groups excluding carboxylic acids is 2. The van der Waals surface area contributed by atoms with Gasteiger partial charge in [-0.2, -0.15) is 0 Å². The number of nitrogens with one attached hydrogen (secondary N) is 1. The molecule has 0 spiro atoms. The fourth-order valence-corrected chi connectivity index (χ4v) is 3.17. The van der Waals surface area contributed by atoms with Crippen LogP contribution in [0, 0.1) is 0 Å². The number of carbonyl (C=O) groups is 2. The number of nitrogen functional groups attached to an aromatic ring is 1. The van der Waals surface area contributed by atoms with Crippen molar-refractivity contribution >= 4 is 17.6 Å². The summed E-state index contributed by atoms with van der Waals surface area (Å²) in [6.45, 7) is 0.334. The third-order valence-corrected chi connectivity index (χ3v) is 5.00. The molecule has 0 radical (unpaired) electrons. The molecule has 1 amide bonds. The molecule has 3 aromatic rings. The van der Waals surface area contributed by atoms with E-state index < -0.39 is 5.97 Å². The van der Waals surface area contributed by atoms with Crippen molar-refractivity contribution in [2.24, 2.45) is 0 Å². The van der Waals surface area contributed by atoms with Crippen LogP contribution in [0.25, 0.3) is 0 Å². The second-order valence-corrected chi connectivity index (χ2v) is 7.39. The van der Waals surface area contributed by atoms with E-state index in [1.54, 1.807) is 26.4 Å². The van der Waals surface area contributed by atoms with Crippen LogP contribution in [0.5, 0.6) is 17.2 Å². The molecule has 0 aliphatic carbocycles. The maximum Gasteiger partial charge on any atom is 0.338 e. The summed E-state index contributed by atoms with van der Waals surface area (Å²) in [7, 11) is 3.15. The molecule has 0 atom stereocenters. The number of rotatable bonds is 11. The molecule has 0 bridgehead atoms. The maximum atomic E-state index is 12.4. The van der Waals surface area contributed by atoms with E-state index in [1.165, 1.54) is 6.07 Å². The predicted octanol–water partition coefficient (Wildman–Crippen LogP) is 3.38. The molecule has 0 fully saturated rings. The molecule has 0 saturated heterocycles. The summed E-state index contributed by atoms with van der Waals surface area (Å²) in [4.78, 5) is 24.6. The Kier molecular flexibility index (Phi) is 8.73. The van der Waals surface area contributed by atoms with Gasteiger partial charge in [0.25, 0.3) is 5.91 Å². The SMILES string of the molecule is COc1ccc(CCNC(=O)COc2cc(C(=O)OCc3ccccc3)ccc2N)cc1OC. The minimum Gasteiger partial charge on any atom is -0.493 e. The van der Waals surface area contributed by atoms with Crippen LogP contribution in [-0.4, -0.2) is 39.2 Å². The molecule has 0 aromatic heterocycles. The lowest BCUT2D eigenvalue weighted by Gasteiger charge is -2.12. The third-order valence-electron chi connectivity index (χ3n) is 5.00. The average molecular weight is 465 g/mol. The van der Waals surface area contributed by atoms with E-state index in [0.29, 0.717) is 30.2 Å². The molecule has 8 nitrogen and oxygen atoms in total. The molecule has 3 aromatic carbocycles. The van der Waals surface area contributed by atoms with Crippen LogP contribution in [0.4, 0.5) is 5.69 Å². The minimum absolute atomic E-state index is 0.155. The first-order chi connectivity index (χ1) is 16.5. The van der Waals surface area contributed by atoms with Gasteiger partial charge in [-0.3, -0.25) is 4.79 Å². The normalized spacial score (nSPS) is 10.3. The molecule has 0 unspecified atom stereocenters. The van der Waals surface area contributed by atoms with Crippen LogP contribution in [0.1, 0.15) is 21.5 Å². The molecular weight excluding hydrogens is 436 g/mol. The Morgan fingerprint density at radius 2 is 1.62 bits per heavy atom. The molecule has 3 rings (SSSR count). The van der Waals surface area contributed by atoms with E-state index in [9.17, 15) is 9.59 Å². The summed E-state index contributed by atoms with van der Waals surface area (Å²) in [6, 6.07) is 19.5. The summed E-state index contributed by atoms with van der Waals surface area (Å²) >= 11 is 0. The zero-order valence-electron chi connectivity index (χ0n) is 19.2. The van der Waals surface area contributed by atoms with Crippen LogP contribution in [0.15, 0.2) is 66.7 Å². The smallest absolute Gasteiger partial charge is 0.338 e. The Hall–Kier alpha value is -4.20. The third kappa shape index (κ3) is 6.90. The van der Waals surface area contributed by atoms with Crippen molar-refractivity contribution in [2.45, 2.75) is 13.0 Å². The van der Waals surface area contributed by atoms with Crippen molar-refractivity contribution in [3.05, 3.63) is 83.4 Å². The predicted molar refractivity (Wildman–Crippen MR) is 128 cm³/mol. The Morgan fingerprint density at radius 1 is 0.853 bits per heavy atom. The Morgan fingerprint density at radius 3 is 2.35 bits per heavy atom. The van der Waals surface area contributed by atoms with Gasteiger partial charge in [0.05, 0.1) is 25.5 Å². The first kappa shape index (κ1) is 24.4. The van der Waals surface area contributed by atoms with Crippen LogP contribution in [-0.2, 0) is 22.6 Å². The van der Waals surface area contributed by atoms with Gasteiger partial charge in [-0.25, -0.2) is 4.79 Å². The molecule has 34 heavy (non-hydrogen) atoms. The fourth-order valence-electron chi connectivity index (χ4n) is 3.17. The van der Waals surface area contributed by atoms with Crippen molar-refractivity contribution in [1.82, 2.24) is 5.32 Å². The minimum atomic E-state index is -0.506. The standard InChI is InChI=1S/C26H28N2O6/c1-31-22-11-8-18(14-24(22)32-2)12-13-28-25(29)17-33-23-15-20(9-10-21(23)27)26(30)34-16-19-6-4-3-5-7-19/h3-11,14-15H,12-13,16-17,27H2,1-2H3,(H,28,29). The van der Waals surface area contributed by atoms with E-state index in [-0.39, 0.29) is 30.4 Å². The van der Waals surface area contributed by atoms with Gasteiger partial charge in [0.2, 0.25) is 0 Å². The van der Waals surface area contributed by atoms with Gasteiger partial charge < -0.3 is 30.0 Å². The second kappa shape index (κ2) is 12.2. The lowest BCUT2D eigenvalue weighted by molar-refractivity contribution is -0.123. The average Bonchev–Trinajstić information content (AvgIpc) is 2.87. The number of amides is 1. The number of hydrogen-bond donors (Lipinski definition) is 2. The summed E-state index contributed by atoms with van der Waals surface area (Å²) in [5, 5.41) is 2.79. The van der Waals surface area contributed by atoms with E-state index >= 15 is 0 Å². The molecule has 3 N–H and O–H groups in total. The van der Waals surface area contributed by atoms with Gasteiger partial charge in [0, 0.05) is 6.54 Å². The number of benzene rings is 3. The lowest BCUT2D eigenvalue weighted by atomic mass is 10.1. The zero-order chi connectivity index (χ0) is 24.3. The molecular formula is C26H28N2O6. The summed E-state index contributed by atoms with van der Waals surface area (Å²) < 4.78 is 21.4. The molecule has 0 heterocycles. The number of ether oxygens (including phenoxy) is 4. The Bertz CT molecular complexity index is 1120. The first-order valence-corrected chi connectivity index (χ1v) is 10.7. The molecule has 0 aliphatic heterocycles. The van der Waals surface area contributed by atoms with E-state index in [4.69, 9.17) is 24.7 Å². The van der Waals surface area contributed by atoms with E-state index in [2.05, 4.69) is 5.32 Å². The van der Waals surface area contributed by atoms with Crippen LogP contribution < -0.4 is 25.3 Å². The Labute approximate surface area is 198 Å². The Balaban J connectivity index is 1.48. The van der Waals surface area contributed by atoms with Crippen molar-refractivity contribution in [2.75, 3.05) is 33.1 Å². The highest BCUT2D eigenvalue weighted by atomic mass is 16.5.